The van der Waals surface area contributed by atoms with E-state index in [1.54, 1.807) is 12.1 Å². The van der Waals surface area contributed by atoms with Gasteiger partial charge in [-0.05, 0) is 35.7 Å². The maximum absolute atomic E-state index is 12.8. The Hall–Kier alpha value is -2.62. The molecule has 1 aliphatic heterocycles. The SMILES string of the molecule is C#CC[C@H](NS(=O)(=O)c1ccc2c(c1)CCC(=O)N2)c1ccccc1. The maximum Gasteiger partial charge on any atom is 0.241 e. The monoisotopic (exact) mass is 354 g/mol. The number of hydrogen-bond acceptors (Lipinski definition) is 3. The summed E-state index contributed by atoms with van der Waals surface area (Å²) in [5, 5.41) is 2.74. The van der Waals surface area contributed by atoms with Crippen LogP contribution in [0.1, 0.15) is 30.0 Å². The van der Waals surface area contributed by atoms with Gasteiger partial charge in [0.2, 0.25) is 15.9 Å². The summed E-state index contributed by atoms with van der Waals surface area (Å²) < 4.78 is 28.2. The van der Waals surface area contributed by atoms with E-state index in [4.69, 9.17) is 6.42 Å². The second-order valence-electron chi connectivity index (χ2n) is 5.86. The van der Waals surface area contributed by atoms with E-state index >= 15 is 0 Å². The molecule has 0 aliphatic carbocycles. The average Bonchev–Trinajstić information content (AvgIpc) is 2.61. The number of benzene rings is 2. The molecule has 6 heteroatoms. The predicted octanol–water partition coefficient (Wildman–Crippen LogP) is 2.61. The molecule has 0 saturated carbocycles. The number of carbonyl (C=O) groups is 1. The van der Waals surface area contributed by atoms with Crippen LogP contribution in [0.5, 0.6) is 0 Å². The van der Waals surface area contributed by atoms with Crippen molar-refractivity contribution in [3.63, 3.8) is 0 Å². The Bertz CT molecular complexity index is 931. The van der Waals surface area contributed by atoms with E-state index in [1.807, 2.05) is 30.3 Å². The average molecular weight is 354 g/mol. The Balaban J connectivity index is 1.88. The van der Waals surface area contributed by atoms with Gasteiger partial charge in [0.15, 0.2) is 0 Å². The van der Waals surface area contributed by atoms with E-state index < -0.39 is 16.1 Å². The topological polar surface area (TPSA) is 75.3 Å². The lowest BCUT2D eigenvalue weighted by atomic mass is 10.0. The van der Waals surface area contributed by atoms with Crippen LogP contribution in [0.4, 0.5) is 5.69 Å². The van der Waals surface area contributed by atoms with Crippen molar-refractivity contribution in [2.24, 2.45) is 0 Å². The Kier molecular flexibility index (Phi) is 4.88. The summed E-state index contributed by atoms with van der Waals surface area (Å²) in [6.07, 6.45) is 6.54. The molecular formula is C19H18N2O3S. The minimum absolute atomic E-state index is 0.0561. The number of amides is 1. The van der Waals surface area contributed by atoms with Crippen molar-refractivity contribution in [2.45, 2.75) is 30.2 Å². The van der Waals surface area contributed by atoms with E-state index in [1.165, 1.54) is 6.07 Å². The number of nitrogens with one attached hydrogen (secondary N) is 2. The highest BCUT2D eigenvalue weighted by molar-refractivity contribution is 7.89. The quantitative estimate of drug-likeness (QED) is 0.811. The fourth-order valence-corrected chi connectivity index (χ4v) is 4.09. The molecule has 0 radical (unpaired) electrons. The third-order valence-electron chi connectivity index (χ3n) is 4.10. The van der Waals surface area contributed by atoms with Crippen molar-refractivity contribution in [3.8, 4) is 12.3 Å². The molecule has 1 aliphatic rings. The molecule has 1 heterocycles. The van der Waals surface area contributed by atoms with Gasteiger partial charge in [-0.25, -0.2) is 13.1 Å². The molecule has 1 atom stereocenters. The zero-order valence-electron chi connectivity index (χ0n) is 13.5. The number of hydrogen-bond donors (Lipinski definition) is 2. The fraction of sp³-hybridized carbons (Fsp3) is 0.211. The summed E-state index contributed by atoms with van der Waals surface area (Å²) >= 11 is 0. The number of rotatable bonds is 5. The largest absolute Gasteiger partial charge is 0.326 e. The lowest BCUT2D eigenvalue weighted by Crippen LogP contribution is -2.29. The Morgan fingerprint density at radius 1 is 1.16 bits per heavy atom. The van der Waals surface area contributed by atoms with Gasteiger partial charge < -0.3 is 5.32 Å². The zero-order chi connectivity index (χ0) is 17.9. The van der Waals surface area contributed by atoms with Crippen LogP contribution in [0.25, 0.3) is 0 Å². The van der Waals surface area contributed by atoms with Crippen LogP contribution in [-0.2, 0) is 21.2 Å². The molecule has 3 rings (SSSR count). The first-order valence-corrected chi connectivity index (χ1v) is 9.41. The Morgan fingerprint density at radius 3 is 2.64 bits per heavy atom. The number of carbonyl (C=O) groups excluding carboxylic acids is 1. The molecule has 2 N–H and O–H groups in total. The highest BCUT2D eigenvalue weighted by atomic mass is 32.2. The van der Waals surface area contributed by atoms with E-state index in [0.717, 1.165) is 11.1 Å². The molecular weight excluding hydrogens is 336 g/mol. The van der Waals surface area contributed by atoms with E-state index in [-0.39, 0.29) is 17.2 Å². The van der Waals surface area contributed by atoms with Gasteiger partial charge in [0.05, 0.1) is 10.9 Å². The Labute approximate surface area is 147 Å². The van der Waals surface area contributed by atoms with Crippen LogP contribution < -0.4 is 10.0 Å². The number of fused-ring (bicyclic) bond motifs is 1. The third-order valence-corrected chi connectivity index (χ3v) is 5.57. The lowest BCUT2D eigenvalue weighted by Gasteiger charge is -2.20. The second kappa shape index (κ2) is 7.09. The van der Waals surface area contributed by atoms with Crippen molar-refractivity contribution in [3.05, 3.63) is 59.7 Å². The fourth-order valence-electron chi connectivity index (χ4n) is 2.81. The molecule has 0 fully saturated rings. The van der Waals surface area contributed by atoms with Gasteiger partial charge in [-0.1, -0.05) is 30.3 Å². The van der Waals surface area contributed by atoms with Gasteiger partial charge in [-0.3, -0.25) is 4.79 Å². The summed E-state index contributed by atoms with van der Waals surface area (Å²) in [6, 6.07) is 13.5. The van der Waals surface area contributed by atoms with Crippen LogP contribution in [0.3, 0.4) is 0 Å². The maximum atomic E-state index is 12.8. The normalized spacial score (nSPS) is 14.9. The van der Waals surface area contributed by atoms with E-state index in [9.17, 15) is 13.2 Å². The lowest BCUT2D eigenvalue weighted by molar-refractivity contribution is -0.116. The smallest absolute Gasteiger partial charge is 0.241 e. The van der Waals surface area contributed by atoms with Gasteiger partial charge in [-0.15, -0.1) is 12.3 Å². The summed E-state index contributed by atoms with van der Waals surface area (Å²) in [7, 11) is -3.74. The first-order valence-electron chi connectivity index (χ1n) is 7.93. The molecule has 0 saturated heterocycles. The summed E-state index contributed by atoms with van der Waals surface area (Å²) in [6.45, 7) is 0. The molecule has 0 spiro atoms. The highest BCUT2D eigenvalue weighted by Crippen LogP contribution is 2.27. The molecule has 1 amide bonds. The Morgan fingerprint density at radius 2 is 1.92 bits per heavy atom. The van der Waals surface area contributed by atoms with E-state index in [0.29, 0.717) is 18.5 Å². The van der Waals surface area contributed by atoms with Crippen molar-refractivity contribution >= 4 is 21.6 Å². The molecule has 2 aromatic carbocycles. The second-order valence-corrected chi connectivity index (χ2v) is 7.57. The first kappa shape index (κ1) is 17.2. The van der Waals surface area contributed by atoms with Crippen molar-refractivity contribution in [2.75, 3.05) is 5.32 Å². The van der Waals surface area contributed by atoms with Crippen LogP contribution >= 0.6 is 0 Å². The molecule has 25 heavy (non-hydrogen) atoms. The number of sulfonamides is 1. The van der Waals surface area contributed by atoms with Gasteiger partial charge in [0, 0.05) is 18.5 Å². The van der Waals surface area contributed by atoms with E-state index in [2.05, 4.69) is 16.0 Å². The van der Waals surface area contributed by atoms with Crippen LogP contribution in [0, 0.1) is 12.3 Å². The van der Waals surface area contributed by atoms with Crippen LogP contribution in [0.2, 0.25) is 0 Å². The van der Waals surface area contributed by atoms with Crippen molar-refractivity contribution in [1.82, 2.24) is 4.72 Å². The van der Waals surface area contributed by atoms with Gasteiger partial charge in [-0.2, -0.15) is 0 Å². The molecule has 128 valence electrons. The highest BCUT2D eigenvalue weighted by Gasteiger charge is 2.23. The minimum Gasteiger partial charge on any atom is -0.326 e. The van der Waals surface area contributed by atoms with Gasteiger partial charge >= 0.3 is 0 Å². The summed E-state index contributed by atoms with van der Waals surface area (Å²) in [5.41, 5.74) is 2.29. The number of anilines is 1. The molecule has 0 bridgehead atoms. The number of aryl methyl sites for hydroxylation is 1. The van der Waals surface area contributed by atoms with Crippen LogP contribution in [-0.4, -0.2) is 14.3 Å². The molecule has 0 unspecified atom stereocenters. The minimum atomic E-state index is -3.74. The van der Waals surface area contributed by atoms with Gasteiger partial charge in [0.1, 0.15) is 0 Å². The summed E-state index contributed by atoms with van der Waals surface area (Å²) in [5.74, 6) is 2.46. The number of terminal acetylenes is 1. The summed E-state index contributed by atoms with van der Waals surface area (Å²) in [4.78, 5) is 11.6. The van der Waals surface area contributed by atoms with Crippen molar-refractivity contribution in [1.29, 1.82) is 0 Å². The van der Waals surface area contributed by atoms with Crippen LogP contribution in [0.15, 0.2) is 53.4 Å². The predicted molar refractivity (Wildman–Crippen MR) is 96.3 cm³/mol. The molecule has 2 aromatic rings. The van der Waals surface area contributed by atoms with Crippen molar-refractivity contribution < 1.29 is 13.2 Å². The zero-order valence-corrected chi connectivity index (χ0v) is 14.3. The van der Waals surface area contributed by atoms with Gasteiger partial charge in [0.25, 0.3) is 0 Å². The first-order chi connectivity index (χ1) is 12.0. The molecule has 5 nitrogen and oxygen atoms in total. The third kappa shape index (κ3) is 3.90. The standard InChI is InChI=1S/C19H18N2O3S/c1-2-6-18(14-7-4-3-5-8-14)21-25(23,24)16-10-11-17-15(13-16)9-12-19(22)20-17/h1,3-5,7-8,10-11,13,18,21H,6,9,12H2,(H,20,22)/t18-/m0/s1. The molecule has 0 aromatic heterocycles.